The van der Waals surface area contributed by atoms with Gasteiger partial charge in [0.25, 0.3) is 29.5 Å². The van der Waals surface area contributed by atoms with Crippen LogP contribution in [0.3, 0.4) is 0 Å². The summed E-state index contributed by atoms with van der Waals surface area (Å²) in [6, 6.07) is 44.1. The second-order valence-corrected chi connectivity index (χ2v) is 23.6. The maximum absolute atomic E-state index is 11.9. The maximum Gasteiger partial charge on any atom is 0.338 e. The van der Waals surface area contributed by atoms with E-state index in [4.69, 9.17) is 15.2 Å². The molecule has 0 unspecified atom stereocenters. The van der Waals surface area contributed by atoms with Crippen molar-refractivity contribution in [2.24, 2.45) is 5.73 Å². The number of nitrogens with two attached hydrogens (primary N) is 1. The molecule has 0 bridgehead atoms. The van der Waals surface area contributed by atoms with E-state index in [0.29, 0.717) is 69.0 Å². The number of aryl methyl sites for hydroxylation is 4. The zero-order valence-electron chi connectivity index (χ0n) is 63.3. The first-order valence-electron chi connectivity index (χ1n) is 32.6. The molecule has 101 heavy (non-hydrogen) atoms. The fourth-order valence-corrected chi connectivity index (χ4v) is 8.81. The van der Waals surface area contributed by atoms with Crippen LogP contribution in [-0.2, 0) is 27.1 Å². The Morgan fingerprint density at radius 3 is 1.02 bits per heavy atom. The molecule has 7 aromatic rings. The highest BCUT2D eigenvalue weighted by Crippen LogP contribution is 2.21. The highest BCUT2D eigenvalue weighted by molar-refractivity contribution is 6.03. The normalized spacial score (nSPS) is 9.69. The van der Waals surface area contributed by atoms with Gasteiger partial charge in [-0.15, -0.1) is 0 Å². The lowest BCUT2D eigenvalue weighted by Gasteiger charge is -2.15. The first-order valence-corrected chi connectivity index (χ1v) is 32.6. The average Bonchev–Trinajstić information content (AvgIpc) is 0.842. The van der Waals surface area contributed by atoms with E-state index in [2.05, 4.69) is 69.0 Å². The molecule has 6 N–H and O–H groups in total. The SMILES string of the molecule is CCOC(=O)c1cc(C)cc(CC)c1.CCOC(=O)c1cccc(N(C)C)c1.CCc1cc(C)cc(C(=O)OC)c1.CN(C)c1ccccc1.CNC(=O)c1cc(NC)cc(C(=O)N(C)C)c1.CNc1cc(C(=O)N(C)C)cc(C(=O)N(C)C)c1.CNc1cc(C(N)=O)cc(C(=O)N(C)C)c1. The van der Waals surface area contributed by atoms with Gasteiger partial charge >= 0.3 is 17.9 Å². The number of hydrogen-bond donors (Lipinski definition) is 5. The molecule has 0 aliphatic rings. The molecule has 23 heteroatoms. The van der Waals surface area contributed by atoms with Crippen LogP contribution in [0.2, 0.25) is 0 Å². The molecule has 6 amide bonds. The monoisotopic (exact) mass is 1390 g/mol. The largest absolute Gasteiger partial charge is 0.465 e. The number of esters is 3. The second-order valence-electron chi connectivity index (χ2n) is 23.6. The molecule has 7 rings (SSSR count). The van der Waals surface area contributed by atoms with Crippen molar-refractivity contribution < 1.29 is 57.4 Å². The molecule has 0 heterocycles. The number of benzene rings is 7. The van der Waals surface area contributed by atoms with E-state index >= 15 is 0 Å². The topological polar surface area (TPSA) is 275 Å². The van der Waals surface area contributed by atoms with E-state index in [9.17, 15) is 43.2 Å². The third-order valence-corrected chi connectivity index (χ3v) is 14.2. The summed E-state index contributed by atoms with van der Waals surface area (Å²) in [5.74, 6) is -2.08. The van der Waals surface area contributed by atoms with Crippen LogP contribution in [0.15, 0.2) is 146 Å². The number of carbonyl (C=O) groups is 9. The maximum atomic E-state index is 11.9. The Morgan fingerprint density at radius 2 is 0.703 bits per heavy atom. The van der Waals surface area contributed by atoms with Gasteiger partial charge in [0.05, 0.1) is 37.0 Å². The summed E-state index contributed by atoms with van der Waals surface area (Å²) in [6.07, 6.45) is 1.87. The second kappa shape index (κ2) is 45.4. The summed E-state index contributed by atoms with van der Waals surface area (Å²) in [5, 5.41) is 11.3. The molecule has 0 radical (unpaired) electrons. The highest BCUT2D eigenvalue weighted by Gasteiger charge is 2.18. The van der Waals surface area contributed by atoms with Crippen LogP contribution in [-0.4, -0.2) is 206 Å². The third-order valence-electron chi connectivity index (χ3n) is 14.2. The number of methoxy groups -OCH3 is 1. The summed E-state index contributed by atoms with van der Waals surface area (Å²) < 4.78 is 14.5. The number of rotatable bonds is 18. The van der Waals surface area contributed by atoms with Gasteiger partial charge in [0.15, 0.2) is 0 Å². The van der Waals surface area contributed by atoms with Gasteiger partial charge in [-0.2, -0.15) is 0 Å². The summed E-state index contributed by atoms with van der Waals surface area (Å²) in [7, 11) is 29.5. The number of nitrogens with one attached hydrogen (secondary N) is 4. The lowest BCUT2D eigenvalue weighted by atomic mass is 10.1. The lowest BCUT2D eigenvalue weighted by Crippen LogP contribution is -2.24. The standard InChI is InChI=1S/C13H19N3O2.C12H17N3O2.C12H16O2.C11H15N3O2.C11H15NO2.C11H14O2.C8H11N/c1-14-11-7-9(12(17)15(2)3)6-10(8-11)13(18)16(4)5;1-13-10-6-8(11(16)14-2)5-9(7-10)12(17)15(3)4;1-4-10-6-9(3)7-11(8-10)12(13)14-5-2;1-13-9-5-7(10(12)15)4-8(6-9)11(16)14(2)3;1-4-14-11(13)9-6-5-7-10(8-9)12(2)3;1-4-9-5-8(2)6-10(7-9)11(12)13-3;1-9(2)8-6-4-3-5-7-8/h6-8,14H,1-5H3;5-7,13H,1-4H3,(H,14,16);6-8H,4-5H2,1-3H3;4-6,13H,1-3H3,(H2,12,15);5-8H,4H2,1-3H3;5-7H,4H2,1-3H3;3-7H,1-2H3. The van der Waals surface area contributed by atoms with Gasteiger partial charge in [-0.3, -0.25) is 28.8 Å². The van der Waals surface area contributed by atoms with Gasteiger partial charge in [0, 0.05) is 175 Å². The van der Waals surface area contributed by atoms with Gasteiger partial charge < -0.3 is 70.6 Å². The summed E-state index contributed by atoms with van der Waals surface area (Å²) in [4.78, 5) is 114. The van der Waals surface area contributed by atoms with Gasteiger partial charge in [-0.05, 0) is 161 Å². The molecular formula is C78H107N11O12. The predicted molar refractivity (Wildman–Crippen MR) is 408 cm³/mol. The number of primary amides is 1. The minimum atomic E-state index is -0.551. The van der Waals surface area contributed by atoms with Gasteiger partial charge in [0.1, 0.15) is 0 Å². The molecule has 0 aliphatic heterocycles. The van der Waals surface area contributed by atoms with Crippen LogP contribution in [0, 0.1) is 13.8 Å². The summed E-state index contributed by atoms with van der Waals surface area (Å²) >= 11 is 0. The minimum absolute atomic E-state index is 0.125. The first-order chi connectivity index (χ1) is 47.6. The molecule has 546 valence electrons. The van der Waals surface area contributed by atoms with Crippen LogP contribution in [0.25, 0.3) is 0 Å². The fourth-order valence-electron chi connectivity index (χ4n) is 8.81. The molecule has 7 aromatic carbocycles. The molecule has 23 nitrogen and oxygen atoms in total. The smallest absolute Gasteiger partial charge is 0.338 e. The van der Waals surface area contributed by atoms with Crippen LogP contribution in [0.4, 0.5) is 28.4 Å². The molecular weight excluding hydrogens is 1280 g/mol. The van der Waals surface area contributed by atoms with Crippen molar-refractivity contribution in [1.82, 2.24) is 24.9 Å². The number of para-hydroxylation sites is 1. The first kappa shape index (κ1) is 87.8. The molecule has 0 spiro atoms. The quantitative estimate of drug-likeness (QED) is 0.0394. The Bertz CT molecular complexity index is 3810. The molecule has 0 aliphatic carbocycles. The molecule has 0 aromatic heterocycles. The van der Waals surface area contributed by atoms with E-state index < -0.39 is 5.91 Å². The Hall–Kier alpha value is -11.2. The predicted octanol–water partition coefficient (Wildman–Crippen LogP) is 11.2. The lowest BCUT2D eigenvalue weighted by molar-refractivity contribution is 0.0516. The van der Waals surface area contributed by atoms with Crippen molar-refractivity contribution in [2.75, 3.05) is 159 Å². The van der Waals surface area contributed by atoms with Crippen molar-refractivity contribution in [2.45, 2.75) is 54.4 Å². The number of nitrogens with zero attached hydrogens (tertiary/aromatic N) is 6. The van der Waals surface area contributed by atoms with E-state index in [1.54, 1.807) is 146 Å². The van der Waals surface area contributed by atoms with Crippen molar-refractivity contribution in [3.05, 3.63) is 218 Å². The molecule has 0 saturated heterocycles. The molecule has 0 atom stereocenters. The van der Waals surface area contributed by atoms with Gasteiger partial charge in [-0.25, -0.2) is 14.4 Å². The fraction of sp³-hybridized carbons (Fsp3) is 0.346. The number of anilines is 5. The Balaban J connectivity index is 0.000000593. The Kier molecular flexibility index (Phi) is 39.4. The molecule has 0 saturated carbocycles. The van der Waals surface area contributed by atoms with Gasteiger partial charge in [-0.1, -0.05) is 61.4 Å². The Labute approximate surface area is 598 Å². The van der Waals surface area contributed by atoms with Crippen LogP contribution in [0.1, 0.15) is 143 Å². The number of hydrogen-bond acceptors (Lipinski definition) is 17. The third kappa shape index (κ3) is 31.0. The average molecular weight is 1390 g/mol. The van der Waals surface area contributed by atoms with E-state index in [0.717, 1.165) is 41.0 Å². The van der Waals surface area contributed by atoms with Crippen LogP contribution < -0.4 is 36.8 Å². The Morgan fingerprint density at radius 1 is 0.366 bits per heavy atom. The van der Waals surface area contributed by atoms with E-state index in [-0.39, 0.29) is 47.4 Å². The number of amides is 6. The van der Waals surface area contributed by atoms with E-state index in [1.807, 2.05) is 115 Å². The minimum Gasteiger partial charge on any atom is -0.465 e. The van der Waals surface area contributed by atoms with Crippen molar-refractivity contribution in [1.29, 1.82) is 0 Å². The zero-order chi connectivity index (χ0) is 76.8. The number of carbonyl (C=O) groups excluding carboxylic acids is 9. The van der Waals surface area contributed by atoms with Gasteiger partial charge in [0.2, 0.25) is 5.91 Å². The summed E-state index contributed by atoms with van der Waals surface area (Å²) in [6.45, 7) is 12.6. The summed E-state index contributed by atoms with van der Waals surface area (Å²) in [5.41, 5.74) is 18.7. The highest BCUT2D eigenvalue weighted by atomic mass is 16.5. The number of ether oxygens (including phenoxy) is 3. The van der Waals surface area contributed by atoms with E-state index in [1.165, 1.54) is 49.6 Å². The van der Waals surface area contributed by atoms with Crippen molar-refractivity contribution >= 4 is 81.8 Å². The van der Waals surface area contributed by atoms with Crippen LogP contribution >= 0.6 is 0 Å². The van der Waals surface area contributed by atoms with Crippen molar-refractivity contribution in [3.63, 3.8) is 0 Å². The van der Waals surface area contributed by atoms with Crippen LogP contribution in [0.5, 0.6) is 0 Å². The zero-order valence-corrected chi connectivity index (χ0v) is 63.3. The van der Waals surface area contributed by atoms with Crippen molar-refractivity contribution in [3.8, 4) is 0 Å². The molecule has 0 fully saturated rings.